The summed E-state index contributed by atoms with van der Waals surface area (Å²) in [5.41, 5.74) is 2.20. The van der Waals surface area contributed by atoms with Crippen LogP contribution in [0.15, 0.2) is 18.2 Å². The van der Waals surface area contributed by atoms with Crippen LogP contribution in [0.4, 0.5) is 0 Å². The number of halogens is 1. The minimum absolute atomic E-state index is 0.748. The van der Waals surface area contributed by atoms with E-state index in [9.17, 15) is 0 Å². The van der Waals surface area contributed by atoms with E-state index in [1.54, 1.807) is 0 Å². The molecule has 1 aliphatic carbocycles. The predicted octanol–water partition coefficient (Wildman–Crippen LogP) is 3.76. The van der Waals surface area contributed by atoms with Gasteiger partial charge in [-0.15, -0.1) is 0 Å². The topological polar surface area (TPSA) is 20.7 Å². The molecule has 1 heterocycles. The predicted molar refractivity (Wildman–Crippen MR) is 64.9 cm³/mol. The van der Waals surface area contributed by atoms with Gasteiger partial charge in [-0.25, -0.2) is 0 Å². The van der Waals surface area contributed by atoms with Crippen LogP contribution in [-0.4, -0.2) is 9.55 Å². The maximum Gasteiger partial charge on any atom is 0.178 e. The van der Waals surface area contributed by atoms with Crippen LogP contribution >= 0.6 is 23.8 Å². The molecular weight excluding hydrogens is 228 g/mol. The van der Waals surface area contributed by atoms with Gasteiger partial charge in [0.05, 0.1) is 11.0 Å². The lowest BCUT2D eigenvalue weighted by Crippen LogP contribution is -1.98. The zero-order chi connectivity index (χ0) is 10.4. The van der Waals surface area contributed by atoms with E-state index >= 15 is 0 Å². The molecular formula is C11H11ClN2S. The first-order chi connectivity index (χ1) is 7.24. The van der Waals surface area contributed by atoms with Crippen LogP contribution in [0, 0.1) is 10.7 Å². The van der Waals surface area contributed by atoms with Gasteiger partial charge in [0, 0.05) is 11.6 Å². The van der Waals surface area contributed by atoms with E-state index in [4.69, 9.17) is 23.8 Å². The molecule has 0 spiro atoms. The van der Waals surface area contributed by atoms with Gasteiger partial charge in [-0.2, -0.15) is 0 Å². The number of imidazole rings is 1. The van der Waals surface area contributed by atoms with Crippen LogP contribution in [0.2, 0.25) is 5.02 Å². The van der Waals surface area contributed by atoms with Gasteiger partial charge in [0.15, 0.2) is 4.77 Å². The Morgan fingerprint density at radius 3 is 3.00 bits per heavy atom. The SMILES string of the molecule is S=c1[nH]c2cc(Cl)ccc2n1CC1CC1. The van der Waals surface area contributed by atoms with Crippen LogP contribution in [0.1, 0.15) is 12.8 Å². The summed E-state index contributed by atoms with van der Waals surface area (Å²) < 4.78 is 2.98. The number of fused-ring (bicyclic) bond motifs is 1. The Bertz CT molecular complexity index is 565. The van der Waals surface area contributed by atoms with Crippen LogP contribution in [-0.2, 0) is 6.54 Å². The number of aromatic nitrogens is 2. The molecule has 78 valence electrons. The Kier molecular flexibility index (Phi) is 2.11. The minimum Gasteiger partial charge on any atom is -0.331 e. The summed E-state index contributed by atoms with van der Waals surface area (Å²) in [6.07, 6.45) is 2.67. The molecule has 0 radical (unpaired) electrons. The standard InChI is InChI=1S/C11H11ClN2S/c12-8-3-4-10-9(5-8)13-11(15)14(10)6-7-1-2-7/h3-5,7H,1-2,6H2,(H,13,15). The lowest BCUT2D eigenvalue weighted by Gasteiger charge is -2.01. The molecule has 1 aromatic carbocycles. The van der Waals surface area contributed by atoms with Crippen molar-refractivity contribution >= 4 is 34.9 Å². The molecule has 1 saturated carbocycles. The van der Waals surface area contributed by atoms with Crippen molar-refractivity contribution in [2.24, 2.45) is 5.92 Å². The Hall–Kier alpha value is -0.800. The first-order valence-electron chi connectivity index (χ1n) is 5.12. The number of H-pyrrole nitrogens is 1. The van der Waals surface area contributed by atoms with Crippen molar-refractivity contribution in [2.75, 3.05) is 0 Å². The Morgan fingerprint density at radius 1 is 1.47 bits per heavy atom. The van der Waals surface area contributed by atoms with Gasteiger partial charge in [0.25, 0.3) is 0 Å². The number of rotatable bonds is 2. The lowest BCUT2D eigenvalue weighted by atomic mass is 10.3. The first-order valence-corrected chi connectivity index (χ1v) is 5.91. The molecule has 0 aliphatic heterocycles. The summed E-state index contributed by atoms with van der Waals surface area (Å²) >= 11 is 11.2. The third-order valence-electron chi connectivity index (χ3n) is 2.87. The molecule has 0 bridgehead atoms. The Labute approximate surface area is 97.9 Å². The van der Waals surface area contributed by atoms with E-state index in [0.29, 0.717) is 0 Å². The smallest absolute Gasteiger partial charge is 0.178 e. The number of hydrogen-bond acceptors (Lipinski definition) is 1. The van der Waals surface area contributed by atoms with Crippen molar-refractivity contribution in [1.29, 1.82) is 0 Å². The molecule has 15 heavy (non-hydrogen) atoms. The maximum absolute atomic E-state index is 5.94. The summed E-state index contributed by atoms with van der Waals surface area (Å²) in [6.45, 7) is 1.04. The summed E-state index contributed by atoms with van der Waals surface area (Å²) in [5, 5.41) is 0.748. The van der Waals surface area contributed by atoms with Gasteiger partial charge < -0.3 is 9.55 Å². The van der Waals surface area contributed by atoms with Gasteiger partial charge in [-0.3, -0.25) is 0 Å². The zero-order valence-electron chi connectivity index (χ0n) is 8.16. The monoisotopic (exact) mass is 238 g/mol. The van der Waals surface area contributed by atoms with Crippen molar-refractivity contribution in [3.63, 3.8) is 0 Å². The van der Waals surface area contributed by atoms with Crippen molar-refractivity contribution in [2.45, 2.75) is 19.4 Å². The maximum atomic E-state index is 5.94. The molecule has 0 atom stereocenters. The van der Waals surface area contributed by atoms with E-state index in [1.165, 1.54) is 12.8 Å². The Balaban J connectivity index is 2.18. The van der Waals surface area contributed by atoms with Gasteiger partial charge in [-0.1, -0.05) is 11.6 Å². The second kappa shape index (κ2) is 3.35. The van der Waals surface area contributed by atoms with Crippen molar-refractivity contribution in [1.82, 2.24) is 9.55 Å². The number of hydrogen-bond donors (Lipinski definition) is 1. The third-order valence-corrected chi connectivity index (χ3v) is 3.43. The molecule has 0 unspecified atom stereocenters. The summed E-state index contributed by atoms with van der Waals surface area (Å²) in [6, 6.07) is 5.87. The molecule has 4 heteroatoms. The highest BCUT2D eigenvalue weighted by Gasteiger charge is 2.22. The summed E-state index contributed by atoms with van der Waals surface area (Å²) in [5.74, 6) is 0.825. The summed E-state index contributed by atoms with van der Waals surface area (Å²) in [4.78, 5) is 3.19. The molecule has 1 fully saturated rings. The highest BCUT2D eigenvalue weighted by Crippen LogP contribution is 2.32. The largest absolute Gasteiger partial charge is 0.331 e. The van der Waals surface area contributed by atoms with E-state index in [0.717, 1.165) is 33.3 Å². The van der Waals surface area contributed by atoms with Crippen LogP contribution < -0.4 is 0 Å². The summed E-state index contributed by atoms with van der Waals surface area (Å²) in [7, 11) is 0. The third kappa shape index (κ3) is 1.70. The van der Waals surface area contributed by atoms with E-state index in [2.05, 4.69) is 9.55 Å². The zero-order valence-corrected chi connectivity index (χ0v) is 9.74. The second-order valence-electron chi connectivity index (χ2n) is 4.15. The normalized spacial score (nSPS) is 16.1. The van der Waals surface area contributed by atoms with Gasteiger partial charge in [0.2, 0.25) is 0 Å². The fourth-order valence-corrected chi connectivity index (χ4v) is 2.33. The molecule has 2 aromatic rings. The average Bonchev–Trinajstić information content (AvgIpc) is 2.93. The van der Waals surface area contributed by atoms with Crippen LogP contribution in [0.3, 0.4) is 0 Å². The number of aromatic amines is 1. The van der Waals surface area contributed by atoms with Crippen molar-refractivity contribution in [3.05, 3.63) is 28.0 Å². The number of nitrogens with zero attached hydrogens (tertiary/aromatic N) is 1. The molecule has 0 saturated heterocycles. The molecule has 2 nitrogen and oxygen atoms in total. The highest BCUT2D eigenvalue weighted by atomic mass is 35.5. The van der Waals surface area contributed by atoms with E-state index in [1.807, 2.05) is 18.2 Å². The number of benzene rings is 1. The van der Waals surface area contributed by atoms with Gasteiger partial charge >= 0.3 is 0 Å². The Morgan fingerprint density at radius 2 is 2.27 bits per heavy atom. The second-order valence-corrected chi connectivity index (χ2v) is 4.97. The van der Waals surface area contributed by atoms with Gasteiger partial charge in [0.1, 0.15) is 0 Å². The highest BCUT2D eigenvalue weighted by molar-refractivity contribution is 7.71. The van der Waals surface area contributed by atoms with Gasteiger partial charge in [-0.05, 0) is 49.2 Å². The van der Waals surface area contributed by atoms with Crippen LogP contribution in [0.5, 0.6) is 0 Å². The average molecular weight is 239 g/mol. The van der Waals surface area contributed by atoms with Crippen molar-refractivity contribution in [3.8, 4) is 0 Å². The fraction of sp³-hybridized carbons (Fsp3) is 0.364. The molecule has 1 N–H and O–H groups in total. The molecule has 3 rings (SSSR count). The van der Waals surface area contributed by atoms with Crippen LogP contribution in [0.25, 0.3) is 11.0 Å². The first kappa shape index (κ1) is 9.43. The molecule has 1 aromatic heterocycles. The van der Waals surface area contributed by atoms with Crippen molar-refractivity contribution < 1.29 is 0 Å². The quantitative estimate of drug-likeness (QED) is 0.790. The van der Waals surface area contributed by atoms with E-state index < -0.39 is 0 Å². The van der Waals surface area contributed by atoms with E-state index in [-0.39, 0.29) is 0 Å². The minimum atomic E-state index is 0.748. The molecule has 0 amide bonds. The lowest BCUT2D eigenvalue weighted by molar-refractivity contribution is 0.635. The molecule has 1 aliphatic rings. The fourth-order valence-electron chi connectivity index (χ4n) is 1.88. The number of nitrogens with one attached hydrogen (secondary N) is 1.